The Morgan fingerprint density at radius 3 is 2.36 bits per heavy atom. The number of benzene rings is 3. The van der Waals surface area contributed by atoms with Gasteiger partial charge in [0.1, 0.15) is 5.75 Å². The van der Waals surface area contributed by atoms with Crippen molar-refractivity contribution in [3.05, 3.63) is 91.3 Å². The van der Waals surface area contributed by atoms with Gasteiger partial charge in [-0.2, -0.15) is 0 Å². The Morgan fingerprint density at radius 2 is 1.58 bits per heavy atom. The van der Waals surface area contributed by atoms with E-state index in [1.807, 2.05) is 24.4 Å². The summed E-state index contributed by atoms with van der Waals surface area (Å²) in [4.78, 5) is 9.82. The van der Waals surface area contributed by atoms with Crippen molar-refractivity contribution in [2.75, 3.05) is 7.11 Å². The summed E-state index contributed by atoms with van der Waals surface area (Å²) in [5.41, 5.74) is 7.44. The fourth-order valence-electron chi connectivity index (χ4n) is 4.72. The van der Waals surface area contributed by atoms with Crippen molar-refractivity contribution in [1.29, 1.82) is 0 Å². The molecule has 0 aliphatic heterocycles. The minimum atomic E-state index is 0.842. The van der Waals surface area contributed by atoms with Crippen LogP contribution < -0.4 is 4.74 Å². The maximum atomic E-state index is 5.39. The summed E-state index contributed by atoms with van der Waals surface area (Å²) in [6, 6.07) is 27.2. The van der Waals surface area contributed by atoms with Gasteiger partial charge in [0.15, 0.2) is 0 Å². The number of rotatable bonds is 4. The van der Waals surface area contributed by atoms with E-state index in [0.717, 1.165) is 56.5 Å². The molecule has 6 aromatic rings. The molecule has 4 heteroatoms. The second-order valence-corrected chi connectivity index (χ2v) is 8.17. The lowest BCUT2D eigenvalue weighted by atomic mass is 9.96. The zero-order chi connectivity index (χ0) is 22.4. The van der Waals surface area contributed by atoms with E-state index in [0.29, 0.717) is 0 Å². The van der Waals surface area contributed by atoms with Gasteiger partial charge in [0.2, 0.25) is 0 Å². The molecule has 4 nitrogen and oxygen atoms in total. The first-order valence-corrected chi connectivity index (χ1v) is 11.2. The first kappa shape index (κ1) is 19.5. The molecule has 0 fully saturated rings. The van der Waals surface area contributed by atoms with Gasteiger partial charge in [-0.3, -0.25) is 4.98 Å². The first-order valence-electron chi connectivity index (χ1n) is 11.2. The highest BCUT2D eigenvalue weighted by molar-refractivity contribution is 6.13. The average molecular weight is 430 g/mol. The minimum absolute atomic E-state index is 0.842. The molecule has 0 bridgehead atoms. The van der Waals surface area contributed by atoms with Crippen molar-refractivity contribution in [2.45, 2.75) is 13.5 Å². The van der Waals surface area contributed by atoms with E-state index in [-0.39, 0.29) is 0 Å². The van der Waals surface area contributed by atoms with Crippen molar-refractivity contribution >= 4 is 32.7 Å². The molecule has 6 rings (SSSR count). The molecule has 0 unspecified atom stereocenters. The zero-order valence-electron chi connectivity index (χ0n) is 18.6. The number of hydrogen-bond acceptors (Lipinski definition) is 3. The van der Waals surface area contributed by atoms with E-state index in [9.17, 15) is 0 Å². The molecule has 0 atom stereocenters. The summed E-state index contributed by atoms with van der Waals surface area (Å²) in [7, 11) is 1.69. The topological polar surface area (TPSA) is 39.9 Å². The Kier molecular flexibility index (Phi) is 4.58. The molecule has 160 valence electrons. The molecule has 0 saturated carbocycles. The maximum absolute atomic E-state index is 5.39. The van der Waals surface area contributed by atoms with E-state index < -0.39 is 0 Å². The van der Waals surface area contributed by atoms with Gasteiger partial charge in [0.05, 0.1) is 30.0 Å². The molecule has 0 spiro atoms. The van der Waals surface area contributed by atoms with Gasteiger partial charge in [0, 0.05) is 40.0 Å². The Bertz CT molecular complexity index is 1630. The van der Waals surface area contributed by atoms with Crippen LogP contribution in [0.3, 0.4) is 0 Å². The Labute approximate surface area is 192 Å². The number of aromatic nitrogens is 3. The molecule has 33 heavy (non-hydrogen) atoms. The predicted octanol–water partition coefficient (Wildman–Crippen LogP) is 7.10. The number of ether oxygens (including phenoxy) is 1. The quantitative estimate of drug-likeness (QED) is 0.281. The van der Waals surface area contributed by atoms with Crippen molar-refractivity contribution in [3.8, 4) is 28.1 Å². The average Bonchev–Trinajstić information content (AvgIpc) is 3.27. The van der Waals surface area contributed by atoms with E-state index in [1.165, 1.54) is 10.9 Å². The molecule has 3 aromatic carbocycles. The number of methoxy groups -OCH3 is 1. The van der Waals surface area contributed by atoms with Crippen LogP contribution in [0.25, 0.3) is 55.1 Å². The van der Waals surface area contributed by atoms with Crippen molar-refractivity contribution in [2.24, 2.45) is 0 Å². The molecule has 0 amide bonds. The number of pyridine rings is 2. The van der Waals surface area contributed by atoms with Crippen LogP contribution in [0.15, 0.2) is 91.3 Å². The van der Waals surface area contributed by atoms with Gasteiger partial charge in [-0.15, -0.1) is 0 Å². The number of fused-ring (bicyclic) bond motifs is 4. The van der Waals surface area contributed by atoms with Gasteiger partial charge in [0.25, 0.3) is 0 Å². The van der Waals surface area contributed by atoms with Crippen LogP contribution in [0.5, 0.6) is 5.75 Å². The van der Waals surface area contributed by atoms with Crippen molar-refractivity contribution < 1.29 is 4.74 Å². The molecular formula is C29H23N3O. The van der Waals surface area contributed by atoms with Gasteiger partial charge in [-0.25, -0.2) is 4.98 Å². The standard InChI is InChI=1S/C29H23N3O/c1-3-32-18-24(21-8-5-7-11-28(21)32)26-16-23(19-12-14-20(33-2)15-13-19)29-22-9-4-6-10-25(22)30-17-27(29)31-26/h4-18H,3H2,1-2H3. The van der Waals surface area contributed by atoms with E-state index in [4.69, 9.17) is 14.7 Å². The molecule has 3 aromatic heterocycles. The lowest BCUT2D eigenvalue weighted by molar-refractivity contribution is 0.415. The largest absolute Gasteiger partial charge is 0.497 e. The van der Waals surface area contributed by atoms with Crippen molar-refractivity contribution in [1.82, 2.24) is 14.5 Å². The molecular weight excluding hydrogens is 406 g/mol. The highest BCUT2D eigenvalue weighted by Crippen LogP contribution is 2.38. The summed E-state index contributed by atoms with van der Waals surface area (Å²) < 4.78 is 7.67. The van der Waals surface area contributed by atoms with Crippen LogP contribution in [0.1, 0.15) is 6.92 Å². The second-order valence-electron chi connectivity index (χ2n) is 8.17. The SMILES string of the molecule is CCn1cc(-c2cc(-c3ccc(OC)cc3)c3c(cnc4ccccc43)n2)c2ccccc21. The summed E-state index contributed by atoms with van der Waals surface area (Å²) in [5.74, 6) is 0.842. The number of aryl methyl sites for hydroxylation is 1. The van der Waals surface area contributed by atoms with Crippen LogP contribution in [-0.4, -0.2) is 21.6 Å². The van der Waals surface area contributed by atoms with Gasteiger partial charge < -0.3 is 9.30 Å². The molecule has 0 N–H and O–H groups in total. The lowest BCUT2D eigenvalue weighted by Gasteiger charge is -2.13. The molecule has 0 aliphatic carbocycles. The minimum Gasteiger partial charge on any atom is -0.497 e. The number of nitrogens with zero attached hydrogens (tertiary/aromatic N) is 3. The van der Waals surface area contributed by atoms with E-state index in [1.54, 1.807) is 7.11 Å². The predicted molar refractivity (Wildman–Crippen MR) is 136 cm³/mol. The van der Waals surface area contributed by atoms with Crippen LogP contribution >= 0.6 is 0 Å². The molecule has 0 saturated heterocycles. The van der Waals surface area contributed by atoms with Gasteiger partial charge in [-0.05, 0) is 48.4 Å². The summed E-state index contributed by atoms with van der Waals surface area (Å²) in [5, 5.41) is 3.44. The molecule has 3 heterocycles. The van der Waals surface area contributed by atoms with Crippen LogP contribution in [0.2, 0.25) is 0 Å². The number of hydrogen-bond donors (Lipinski definition) is 0. The summed E-state index contributed by atoms with van der Waals surface area (Å²) >= 11 is 0. The van der Waals surface area contributed by atoms with Gasteiger partial charge >= 0.3 is 0 Å². The molecule has 0 aliphatic rings. The lowest BCUT2D eigenvalue weighted by Crippen LogP contribution is -1.93. The highest BCUT2D eigenvalue weighted by Gasteiger charge is 2.16. The normalized spacial score (nSPS) is 11.5. The van der Waals surface area contributed by atoms with E-state index in [2.05, 4.69) is 78.4 Å². The third-order valence-electron chi connectivity index (χ3n) is 6.35. The van der Waals surface area contributed by atoms with Crippen LogP contribution in [0, 0.1) is 0 Å². The number of para-hydroxylation sites is 2. The summed E-state index contributed by atoms with van der Waals surface area (Å²) in [6.07, 6.45) is 4.11. The monoisotopic (exact) mass is 429 g/mol. The van der Waals surface area contributed by atoms with Crippen LogP contribution in [-0.2, 0) is 6.54 Å². The van der Waals surface area contributed by atoms with E-state index >= 15 is 0 Å². The molecule has 0 radical (unpaired) electrons. The Balaban J connectivity index is 1.70. The highest BCUT2D eigenvalue weighted by atomic mass is 16.5. The van der Waals surface area contributed by atoms with Crippen LogP contribution in [0.4, 0.5) is 0 Å². The third-order valence-corrected chi connectivity index (χ3v) is 6.35. The third kappa shape index (κ3) is 3.14. The zero-order valence-corrected chi connectivity index (χ0v) is 18.6. The maximum Gasteiger partial charge on any atom is 0.118 e. The van der Waals surface area contributed by atoms with Crippen molar-refractivity contribution in [3.63, 3.8) is 0 Å². The summed E-state index contributed by atoms with van der Waals surface area (Å²) in [6.45, 7) is 3.08. The smallest absolute Gasteiger partial charge is 0.118 e. The fraction of sp³-hybridized carbons (Fsp3) is 0.103. The Hall–Kier alpha value is -4.18. The first-order chi connectivity index (χ1) is 16.3. The second kappa shape index (κ2) is 7.75. The van der Waals surface area contributed by atoms with Gasteiger partial charge in [-0.1, -0.05) is 48.5 Å². The Morgan fingerprint density at radius 1 is 0.818 bits per heavy atom. The fourth-order valence-corrected chi connectivity index (χ4v) is 4.72.